The monoisotopic (exact) mass is 319 g/mol. The molecule has 4 heterocycles. The van der Waals surface area contributed by atoms with Crippen LogP contribution in [0.4, 0.5) is 11.6 Å². The van der Waals surface area contributed by atoms with E-state index >= 15 is 0 Å². The summed E-state index contributed by atoms with van der Waals surface area (Å²) in [6, 6.07) is 10.0. The van der Waals surface area contributed by atoms with Gasteiger partial charge in [0, 0.05) is 42.8 Å². The highest BCUT2D eigenvalue weighted by molar-refractivity contribution is 5.69. The van der Waals surface area contributed by atoms with Crippen LogP contribution in [-0.2, 0) is 7.05 Å². The predicted molar refractivity (Wildman–Crippen MR) is 92.2 cm³/mol. The Kier molecular flexibility index (Phi) is 3.26. The third kappa shape index (κ3) is 2.60. The molecule has 0 amide bonds. The zero-order chi connectivity index (χ0) is 16.7. The highest BCUT2D eigenvalue weighted by Gasteiger charge is 2.07. The predicted octanol–water partition coefficient (Wildman–Crippen LogP) is 2.89. The van der Waals surface area contributed by atoms with Crippen LogP contribution in [0.3, 0.4) is 0 Å². The van der Waals surface area contributed by atoms with Crippen molar-refractivity contribution in [1.29, 1.82) is 0 Å². The first kappa shape index (κ1) is 14.4. The summed E-state index contributed by atoms with van der Waals surface area (Å²) in [5.41, 5.74) is 4.09. The number of aromatic nitrogens is 6. The zero-order valence-electron chi connectivity index (χ0n) is 13.7. The molecule has 0 aliphatic heterocycles. The third-order valence-corrected chi connectivity index (χ3v) is 3.80. The van der Waals surface area contributed by atoms with E-state index in [-0.39, 0.29) is 0 Å². The Balaban J connectivity index is 1.69. The number of nitrogens with one attached hydrogen (secondary N) is 1. The first-order valence-corrected chi connectivity index (χ1v) is 7.65. The van der Waals surface area contributed by atoms with Crippen molar-refractivity contribution in [1.82, 2.24) is 29.4 Å². The summed E-state index contributed by atoms with van der Waals surface area (Å²) in [6.07, 6.45) is 3.74. The van der Waals surface area contributed by atoms with E-state index in [0.29, 0.717) is 0 Å². The maximum Gasteiger partial charge on any atom is 0.154 e. The van der Waals surface area contributed by atoms with E-state index in [1.807, 2.05) is 60.6 Å². The Morgan fingerprint density at radius 3 is 2.62 bits per heavy atom. The van der Waals surface area contributed by atoms with Crippen LogP contribution in [0.15, 0.2) is 42.7 Å². The summed E-state index contributed by atoms with van der Waals surface area (Å²) in [4.78, 5) is 8.67. The van der Waals surface area contributed by atoms with Crippen LogP contribution in [0.2, 0.25) is 0 Å². The summed E-state index contributed by atoms with van der Waals surface area (Å²) in [7, 11) is 1.93. The second-order valence-electron chi connectivity index (χ2n) is 5.72. The fourth-order valence-electron chi connectivity index (χ4n) is 2.78. The molecule has 0 saturated carbocycles. The van der Waals surface area contributed by atoms with E-state index in [9.17, 15) is 0 Å². The topological polar surface area (TPSA) is 72.9 Å². The minimum Gasteiger partial charge on any atom is -0.323 e. The number of hydrogen-bond acceptors (Lipinski definition) is 5. The van der Waals surface area contributed by atoms with Gasteiger partial charge in [-0.05, 0) is 32.0 Å². The smallest absolute Gasteiger partial charge is 0.154 e. The van der Waals surface area contributed by atoms with Crippen molar-refractivity contribution < 1.29 is 0 Å². The molecule has 4 aromatic rings. The lowest BCUT2D eigenvalue weighted by Gasteiger charge is -2.03. The quantitative estimate of drug-likeness (QED) is 0.628. The molecule has 0 aromatic carbocycles. The van der Waals surface area contributed by atoms with Gasteiger partial charge >= 0.3 is 0 Å². The van der Waals surface area contributed by atoms with Gasteiger partial charge in [0.1, 0.15) is 11.6 Å². The molecule has 4 aromatic heterocycles. The largest absolute Gasteiger partial charge is 0.323 e. The molecule has 0 atom stereocenters. The highest BCUT2D eigenvalue weighted by atomic mass is 15.3. The third-order valence-electron chi connectivity index (χ3n) is 3.80. The molecule has 0 radical (unpaired) electrons. The molecule has 0 aliphatic carbocycles. The van der Waals surface area contributed by atoms with Crippen molar-refractivity contribution in [3.63, 3.8) is 0 Å². The van der Waals surface area contributed by atoms with E-state index in [0.717, 1.165) is 39.9 Å². The summed E-state index contributed by atoms with van der Waals surface area (Å²) >= 11 is 0. The van der Waals surface area contributed by atoms with Crippen molar-refractivity contribution in [2.45, 2.75) is 13.8 Å². The number of rotatable bonds is 3. The molecule has 0 spiro atoms. The van der Waals surface area contributed by atoms with Gasteiger partial charge in [-0.3, -0.25) is 4.68 Å². The van der Waals surface area contributed by atoms with Crippen molar-refractivity contribution >= 4 is 17.2 Å². The molecule has 4 rings (SSSR count). The first-order valence-electron chi connectivity index (χ1n) is 7.65. The fraction of sp³-hybridized carbons (Fsp3) is 0.176. The first-order chi connectivity index (χ1) is 11.6. The molecule has 0 unspecified atom stereocenters. The molecule has 0 fully saturated rings. The van der Waals surface area contributed by atoms with Crippen molar-refractivity contribution in [3.05, 3.63) is 54.2 Å². The van der Waals surface area contributed by atoms with Gasteiger partial charge < -0.3 is 5.32 Å². The van der Waals surface area contributed by atoms with E-state index in [2.05, 4.69) is 31.5 Å². The van der Waals surface area contributed by atoms with E-state index in [1.165, 1.54) is 0 Å². The summed E-state index contributed by atoms with van der Waals surface area (Å²) in [5.74, 6) is 2.23. The SMILES string of the molecule is Cc1cc(Nc2cc3cc(-c4ccnn4C)ccn3n2)nc(C)n1. The Labute approximate surface area is 139 Å². The van der Waals surface area contributed by atoms with E-state index in [4.69, 9.17) is 0 Å². The van der Waals surface area contributed by atoms with Crippen molar-refractivity contribution in [2.75, 3.05) is 5.32 Å². The fourth-order valence-corrected chi connectivity index (χ4v) is 2.78. The lowest BCUT2D eigenvalue weighted by Crippen LogP contribution is -1.99. The maximum absolute atomic E-state index is 4.53. The van der Waals surface area contributed by atoms with Crippen LogP contribution < -0.4 is 5.32 Å². The van der Waals surface area contributed by atoms with Crippen LogP contribution in [0, 0.1) is 13.8 Å². The number of anilines is 2. The second kappa shape index (κ2) is 5.45. The minimum absolute atomic E-state index is 0.736. The lowest BCUT2D eigenvalue weighted by atomic mass is 10.2. The van der Waals surface area contributed by atoms with Gasteiger partial charge in [-0.15, -0.1) is 0 Å². The Morgan fingerprint density at radius 2 is 1.88 bits per heavy atom. The number of pyridine rings is 1. The molecule has 7 heteroatoms. The summed E-state index contributed by atoms with van der Waals surface area (Å²) in [6.45, 7) is 3.83. The molecule has 24 heavy (non-hydrogen) atoms. The van der Waals surface area contributed by atoms with Gasteiger partial charge in [-0.2, -0.15) is 10.2 Å². The molecule has 0 saturated heterocycles. The number of hydrogen-bond donors (Lipinski definition) is 1. The van der Waals surface area contributed by atoms with Gasteiger partial charge in [-0.1, -0.05) is 0 Å². The van der Waals surface area contributed by atoms with Crippen LogP contribution in [0.1, 0.15) is 11.5 Å². The van der Waals surface area contributed by atoms with E-state index in [1.54, 1.807) is 6.20 Å². The Bertz CT molecular complexity index is 1010. The highest BCUT2D eigenvalue weighted by Crippen LogP contribution is 2.22. The van der Waals surface area contributed by atoms with Crippen LogP contribution in [0.5, 0.6) is 0 Å². The Morgan fingerprint density at radius 1 is 1.00 bits per heavy atom. The van der Waals surface area contributed by atoms with Crippen molar-refractivity contribution in [3.8, 4) is 11.3 Å². The number of aryl methyl sites for hydroxylation is 3. The second-order valence-corrected chi connectivity index (χ2v) is 5.72. The van der Waals surface area contributed by atoms with E-state index < -0.39 is 0 Å². The lowest BCUT2D eigenvalue weighted by molar-refractivity contribution is 0.775. The molecular formula is C17H17N7. The molecular weight excluding hydrogens is 302 g/mol. The molecule has 0 aliphatic rings. The minimum atomic E-state index is 0.736. The zero-order valence-corrected chi connectivity index (χ0v) is 13.7. The Hall–Kier alpha value is -3.22. The number of nitrogens with zero attached hydrogens (tertiary/aromatic N) is 6. The van der Waals surface area contributed by atoms with Crippen LogP contribution in [0.25, 0.3) is 16.8 Å². The normalized spacial score (nSPS) is 11.1. The summed E-state index contributed by atoms with van der Waals surface area (Å²) in [5, 5.41) is 12.0. The van der Waals surface area contributed by atoms with Gasteiger partial charge in [0.25, 0.3) is 0 Å². The molecule has 1 N–H and O–H groups in total. The number of fused-ring (bicyclic) bond motifs is 1. The van der Waals surface area contributed by atoms with Gasteiger partial charge in [0.15, 0.2) is 5.82 Å². The van der Waals surface area contributed by atoms with Gasteiger partial charge in [0.05, 0.1) is 11.2 Å². The van der Waals surface area contributed by atoms with Crippen LogP contribution >= 0.6 is 0 Å². The standard InChI is InChI=1S/C17H17N7/c1-11-8-16(20-12(2)19-11)21-17-10-14-9-13(5-7-24(14)22-17)15-4-6-18-23(15)3/h4-10H,1-3H3,(H,19,20,21,22). The van der Waals surface area contributed by atoms with Crippen molar-refractivity contribution in [2.24, 2.45) is 7.05 Å². The molecule has 0 bridgehead atoms. The molecule has 7 nitrogen and oxygen atoms in total. The van der Waals surface area contributed by atoms with Crippen LogP contribution in [-0.4, -0.2) is 29.4 Å². The molecule has 120 valence electrons. The van der Waals surface area contributed by atoms with Gasteiger partial charge in [-0.25, -0.2) is 14.5 Å². The van der Waals surface area contributed by atoms with Gasteiger partial charge in [0.2, 0.25) is 0 Å². The maximum atomic E-state index is 4.53. The average molecular weight is 319 g/mol. The average Bonchev–Trinajstić information content (AvgIpc) is 3.10. The summed E-state index contributed by atoms with van der Waals surface area (Å²) < 4.78 is 3.69.